The Morgan fingerprint density at radius 2 is 1.19 bits per heavy atom. The van der Waals surface area contributed by atoms with Crippen molar-refractivity contribution in [2.75, 3.05) is 20.3 Å². The second-order valence-electron chi connectivity index (χ2n) is 31.2. The van der Waals surface area contributed by atoms with Gasteiger partial charge in [0.25, 0.3) is 0 Å². The molecule has 0 spiro atoms. The number of phenolic OH excluding ortho intramolecular Hbond substituents is 3. The molecule has 11 bridgehead atoms. The third kappa shape index (κ3) is 19.0. The molecule has 674 valence electrons. The van der Waals surface area contributed by atoms with Crippen LogP contribution in [0.3, 0.4) is 0 Å². The molecule has 25 N–H and O–H groups in total. The molecule has 28 atom stereocenters. The van der Waals surface area contributed by atoms with E-state index in [-0.39, 0.29) is 34.6 Å². The van der Waals surface area contributed by atoms with Crippen LogP contribution >= 0.6 is 11.6 Å². The number of halogens is 1. The Kier molecular flexibility index (Phi) is 27.7. The van der Waals surface area contributed by atoms with Gasteiger partial charge in [-0.1, -0.05) is 78.3 Å². The number of carbonyl (C=O) groups excluding carboxylic acids is 6. The predicted octanol–water partition coefficient (Wildman–Crippen LogP) is -1.82. The van der Waals surface area contributed by atoms with Crippen LogP contribution in [-0.2, 0) is 73.1 Å². The number of carboxylic acid groups (broad SMARTS) is 1. The molecule has 4 fully saturated rings. The predicted molar refractivity (Wildman–Crippen MR) is 427 cm³/mol. The molecule has 126 heavy (non-hydrogen) atoms. The van der Waals surface area contributed by atoms with Gasteiger partial charge >= 0.3 is 5.97 Å². The van der Waals surface area contributed by atoms with Gasteiger partial charge in [-0.15, -0.1) is 0 Å². The summed E-state index contributed by atoms with van der Waals surface area (Å²) in [5, 5.41) is 184. The van der Waals surface area contributed by atoms with Gasteiger partial charge in [0.1, 0.15) is 144 Å². The number of hydrogen-bond donors (Lipinski definition) is 23. The second-order valence-corrected chi connectivity index (χ2v) is 31.7. The number of aliphatic carboxylic acids is 1. The summed E-state index contributed by atoms with van der Waals surface area (Å²) in [6.45, 7) is 0.844. The fourth-order valence-corrected chi connectivity index (χ4v) is 16.2. The summed E-state index contributed by atoms with van der Waals surface area (Å²) in [5.41, 5.74) is 10.6. The molecule has 4 saturated heterocycles. The van der Waals surface area contributed by atoms with Gasteiger partial charge in [-0.3, -0.25) is 28.8 Å². The monoisotopic (exact) mass is 1780 g/mol. The first kappa shape index (κ1) is 91.1. The van der Waals surface area contributed by atoms with Crippen LogP contribution in [0.5, 0.6) is 51.7 Å². The van der Waals surface area contributed by atoms with E-state index in [0.29, 0.717) is 5.56 Å². The Morgan fingerprint density at radius 3 is 1.86 bits per heavy atom. The minimum atomic E-state index is -2.44. The summed E-state index contributed by atoms with van der Waals surface area (Å²) >= 11 is 7.44. The lowest BCUT2D eigenvalue weighted by Crippen LogP contribution is -2.64. The molecule has 7 aromatic carbocycles. The van der Waals surface area contributed by atoms with Gasteiger partial charge in [0.05, 0.1) is 36.5 Å². The summed E-state index contributed by atoms with van der Waals surface area (Å²) in [7, 11) is 1.37. The minimum absolute atomic E-state index is 0.110. The average Bonchev–Trinajstić information content (AvgIpc) is 0.753. The van der Waals surface area contributed by atoms with Crippen LogP contribution in [0.4, 0.5) is 0 Å². The van der Waals surface area contributed by atoms with Gasteiger partial charge in [-0.25, -0.2) is 4.79 Å². The first-order valence-electron chi connectivity index (χ1n) is 39.8. The van der Waals surface area contributed by atoms with Crippen LogP contribution in [-0.4, -0.2) is 273 Å². The number of amides is 6. The van der Waals surface area contributed by atoms with E-state index in [4.69, 9.17) is 75.2 Å². The zero-order valence-electron chi connectivity index (χ0n) is 66.9. The molecule has 7 aromatic rings. The van der Waals surface area contributed by atoms with Crippen LogP contribution in [0.25, 0.3) is 11.1 Å². The third-order valence-corrected chi connectivity index (χ3v) is 23.1. The van der Waals surface area contributed by atoms with Gasteiger partial charge in [0, 0.05) is 48.8 Å². The van der Waals surface area contributed by atoms with E-state index in [2.05, 4.69) is 31.9 Å². The van der Waals surface area contributed by atoms with Gasteiger partial charge in [-0.05, 0) is 114 Å². The van der Waals surface area contributed by atoms with Gasteiger partial charge < -0.3 is 172 Å². The van der Waals surface area contributed by atoms with Crippen molar-refractivity contribution < 1.29 is 162 Å². The summed E-state index contributed by atoms with van der Waals surface area (Å²) in [5.74, 6) is -15.1. The highest BCUT2D eigenvalue weighted by molar-refractivity contribution is 6.32. The highest BCUT2D eigenvalue weighted by Gasteiger charge is 2.53. The lowest BCUT2D eigenvalue weighted by atomic mass is 9.89. The number of nitrogens with one attached hydrogen (secondary N) is 6. The Balaban J connectivity index is 1.01. The smallest absolute Gasteiger partial charge is 0.330 e. The Hall–Kier alpha value is -11.1. The molecule has 6 amide bonds. The number of phenols is 3. The Morgan fingerprint density at radius 1 is 0.563 bits per heavy atom. The molecule has 0 unspecified atom stereocenters. The molecule has 16 rings (SSSR count). The van der Waals surface area contributed by atoms with Crippen LogP contribution in [0.1, 0.15) is 95.6 Å². The molecule has 9 heterocycles. The number of hydrogen-bond acceptors (Lipinski definition) is 34. The maximum absolute atomic E-state index is 16.8. The maximum atomic E-state index is 16.8. The van der Waals surface area contributed by atoms with E-state index < -0.39 is 305 Å². The molecule has 0 aliphatic carbocycles. The van der Waals surface area contributed by atoms with E-state index >= 15 is 24.0 Å². The number of rotatable bonds is 17. The first-order chi connectivity index (χ1) is 60.1. The van der Waals surface area contributed by atoms with Crippen LogP contribution < -0.4 is 62.3 Å². The zero-order chi connectivity index (χ0) is 90.3. The first-order valence-corrected chi connectivity index (χ1v) is 40.1. The lowest BCUT2D eigenvalue weighted by molar-refractivity contribution is -0.354. The number of aliphatic hydroxyl groups excluding tert-OH is 11. The van der Waals surface area contributed by atoms with Crippen molar-refractivity contribution in [1.82, 2.24) is 31.9 Å². The van der Waals surface area contributed by atoms with Crippen LogP contribution in [0, 0.1) is 0 Å². The fourth-order valence-electron chi connectivity index (χ4n) is 15.9. The van der Waals surface area contributed by atoms with E-state index in [0.717, 1.165) is 48.5 Å². The van der Waals surface area contributed by atoms with Crippen LogP contribution in [0.2, 0.25) is 5.02 Å². The largest absolute Gasteiger partial charge is 0.508 e. The molecule has 9 aliphatic rings. The van der Waals surface area contributed by atoms with Crippen molar-refractivity contribution in [3.63, 3.8) is 0 Å². The summed E-state index contributed by atoms with van der Waals surface area (Å²) in [6, 6.07) is 12.4. The standard InChI is InChI=1S/C84H93ClN8O33/c1-31-62(99)66(103)69(106)82(118-31)126-74-68(105)65(102)53(30-95)123-84(74)125-73-50-24-38-25-51(73)120-48-20-14-37(23-44(48)85)72(124-54-28-45(86)71(116-3)32(2)117-54)61-80(113)91-59(81(114)115)43-26-40(97)27-49(121-83-70(107)67(104)64(101)52(29-94)122-83)55(43)42-22-36(13-19-47(42)98)57(77(110)93-61)90-78(111)58(38)89-75(108)46(21-33-7-5-4-6-8-33)88-79(112)60(63(100)35-11-17-41(119-50)18-12-35)92-76(109)56(87)34-9-15-39(96)16-10-34/h4-20,22-27,31-32,45-46,52-54,56-72,74,82-84,94-107H,21,28-30,86-87H2,1-3H3,(H,88,112)(H,89,108)(H,90,111)(H,91,113)(H,92,109)(H,93,110)(H,114,115)/t31-,32+,45+,46+,52-,53+,54-,56+,57+,58-,59+,60-,61-,62+,63-,64-,65-,66-,67+,68+,69-,70+,71+,72+,74-,82+,83+,84+/m1/s1. The molecule has 0 radical (unpaired) electrons. The number of ether oxygens (including phenoxy) is 11. The van der Waals surface area contributed by atoms with E-state index in [9.17, 15) is 86.2 Å². The number of benzene rings is 7. The SMILES string of the molecule is CO[C@H]1[C@H](C)O[C@H](O[C@H]2c3ccc(c(Cl)c3)Oc3cc4cc(c3O[C@@H]3O[C@@H](CO)[C@@H](O)[C@H](O)[C@H]3O[C@@H]3O[C@H](C)[C@H](O)[C@@H](O)[C@H]3O)Oc3ccc(cc3)[C@@H](O)[C@@H](NC(=O)[C@@H](N)c3ccc(O)cc3)C(=O)N[C@@H](Cc3ccccc3)C(=O)N[C@H]4C(=O)N[C@@H]3C(=O)N[C@H]2C(=O)N[C@H](C(=O)O)c2cc(O)cc(O[C@H]4O[C@H](CO)[C@@H](O)[C@H](O)[C@@H]4O)c2-c2cc3ccc2O)C[C@@H]1N. The van der Waals surface area contributed by atoms with Crippen molar-refractivity contribution in [1.29, 1.82) is 0 Å². The van der Waals surface area contributed by atoms with Crippen molar-refractivity contribution in [3.8, 4) is 62.9 Å². The normalized spacial score (nSPS) is 32.6. The number of fused-ring (bicyclic) bond motifs is 15. The molecular weight excluding hydrogens is 1680 g/mol. The molecule has 0 aromatic heterocycles. The minimum Gasteiger partial charge on any atom is -0.508 e. The quantitative estimate of drug-likeness (QED) is 0.0477. The highest BCUT2D eigenvalue weighted by Crippen LogP contribution is 2.50. The third-order valence-electron chi connectivity index (χ3n) is 22.8. The summed E-state index contributed by atoms with van der Waals surface area (Å²) in [6.07, 6.45) is -37.5. The van der Waals surface area contributed by atoms with Crippen molar-refractivity contribution >= 4 is 53.0 Å². The number of aliphatic hydroxyl groups is 11. The van der Waals surface area contributed by atoms with Crippen molar-refractivity contribution in [2.24, 2.45) is 11.5 Å². The number of carbonyl (C=O) groups is 7. The molecule has 0 saturated carbocycles. The van der Waals surface area contributed by atoms with E-state index in [1.54, 1.807) is 37.3 Å². The van der Waals surface area contributed by atoms with Gasteiger partial charge in [0.2, 0.25) is 53.8 Å². The number of nitrogens with two attached hydrogens (primary N) is 2. The second kappa shape index (κ2) is 38.2. The van der Waals surface area contributed by atoms with E-state index in [1.165, 1.54) is 74.7 Å². The van der Waals surface area contributed by atoms with Crippen LogP contribution in [0.15, 0.2) is 140 Å². The fraction of sp³-hybridized carbons (Fsp3) is 0.417. The van der Waals surface area contributed by atoms with Gasteiger partial charge in [0.15, 0.2) is 36.2 Å². The number of aromatic hydroxyl groups is 3. The molecule has 41 nitrogen and oxygen atoms in total. The summed E-state index contributed by atoms with van der Waals surface area (Å²) < 4.78 is 69.1. The van der Waals surface area contributed by atoms with Crippen molar-refractivity contribution in [2.45, 2.75) is 198 Å². The molecule has 9 aliphatic heterocycles. The lowest BCUT2D eigenvalue weighted by Gasteiger charge is -2.45. The highest BCUT2D eigenvalue weighted by atomic mass is 35.5. The maximum Gasteiger partial charge on any atom is 0.330 e. The Bertz CT molecular complexity index is 5150. The number of carboxylic acids is 1. The van der Waals surface area contributed by atoms with Gasteiger partial charge in [-0.2, -0.15) is 0 Å². The van der Waals surface area contributed by atoms with E-state index in [1.807, 2.05) is 0 Å². The molecule has 42 heteroatoms. The Labute approximate surface area is 720 Å². The topological polar surface area (TPSA) is 649 Å². The summed E-state index contributed by atoms with van der Waals surface area (Å²) in [4.78, 5) is 110. The number of methoxy groups -OCH3 is 1. The van der Waals surface area contributed by atoms with Crippen molar-refractivity contribution in [3.05, 3.63) is 183 Å². The molecular formula is C84H93ClN8O33. The average molecular weight is 1780 g/mol. The zero-order valence-corrected chi connectivity index (χ0v) is 67.6.